The van der Waals surface area contributed by atoms with E-state index in [1.165, 1.54) is 5.69 Å². The SMILES string of the molecule is CCN1CCN(c2ccc(-c3ncc4c(=O)n(-c5ccccc5)n(Cc5ccc(Cl)cc5Cl)c4n3)cc2)CC1. The first-order chi connectivity index (χ1) is 19.0. The molecule has 1 aliphatic heterocycles. The van der Waals surface area contributed by atoms with Crippen LogP contribution in [0.4, 0.5) is 5.69 Å². The first-order valence-corrected chi connectivity index (χ1v) is 13.8. The van der Waals surface area contributed by atoms with E-state index in [-0.39, 0.29) is 5.56 Å². The Hall–Kier alpha value is -3.65. The molecule has 1 fully saturated rings. The standard InChI is InChI=1S/C30H28Cl2N6O/c1-2-35-14-16-36(17-15-35)24-12-9-21(10-13-24)28-33-19-26-29(34-28)37(20-22-8-11-23(31)18-27(22)32)38(30(26)39)25-6-4-3-5-7-25/h3-13,18-19H,2,14-17,20H2,1H3. The Morgan fingerprint density at radius 3 is 2.31 bits per heavy atom. The van der Waals surface area contributed by atoms with Crippen LogP contribution in [0.1, 0.15) is 12.5 Å². The number of halogens is 2. The van der Waals surface area contributed by atoms with Crippen molar-refractivity contribution in [1.29, 1.82) is 0 Å². The van der Waals surface area contributed by atoms with Gasteiger partial charge in [0.1, 0.15) is 5.39 Å². The second kappa shape index (κ2) is 10.8. The highest BCUT2D eigenvalue weighted by Gasteiger charge is 2.20. The highest BCUT2D eigenvalue weighted by atomic mass is 35.5. The quantitative estimate of drug-likeness (QED) is 0.265. The number of hydrogen-bond acceptors (Lipinski definition) is 5. The lowest BCUT2D eigenvalue weighted by Gasteiger charge is -2.35. The Morgan fingerprint density at radius 2 is 1.62 bits per heavy atom. The van der Waals surface area contributed by atoms with Crippen LogP contribution in [0.15, 0.2) is 83.8 Å². The van der Waals surface area contributed by atoms with E-state index in [1.54, 1.807) is 23.0 Å². The van der Waals surface area contributed by atoms with Crippen molar-refractivity contribution in [1.82, 2.24) is 24.2 Å². The van der Waals surface area contributed by atoms with Crippen LogP contribution in [-0.4, -0.2) is 57.0 Å². The molecule has 3 heterocycles. The van der Waals surface area contributed by atoms with Gasteiger partial charge in [-0.3, -0.25) is 9.48 Å². The third-order valence-electron chi connectivity index (χ3n) is 7.32. The fraction of sp³-hybridized carbons (Fsp3) is 0.233. The van der Waals surface area contributed by atoms with Crippen molar-refractivity contribution >= 4 is 39.9 Å². The smallest absolute Gasteiger partial charge is 0.282 e. The molecule has 6 rings (SSSR count). The third-order valence-corrected chi connectivity index (χ3v) is 7.91. The number of nitrogens with zero attached hydrogens (tertiary/aromatic N) is 6. The molecule has 0 spiro atoms. The van der Waals surface area contributed by atoms with Crippen LogP contribution in [0, 0.1) is 0 Å². The second-order valence-corrected chi connectivity index (χ2v) is 10.5. The maximum Gasteiger partial charge on any atom is 0.282 e. The molecule has 0 radical (unpaired) electrons. The van der Waals surface area contributed by atoms with Gasteiger partial charge in [0, 0.05) is 53.7 Å². The number of fused-ring (bicyclic) bond motifs is 1. The molecule has 0 N–H and O–H groups in total. The van der Waals surface area contributed by atoms with Gasteiger partial charge < -0.3 is 9.80 Å². The summed E-state index contributed by atoms with van der Waals surface area (Å²) in [4.78, 5) is 27.9. The van der Waals surface area contributed by atoms with Crippen LogP contribution in [-0.2, 0) is 6.54 Å². The molecular formula is C30H28Cl2N6O. The molecule has 9 heteroatoms. The molecule has 2 aromatic heterocycles. The summed E-state index contributed by atoms with van der Waals surface area (Å²) >= 11 is 12.7. The average Bonchev–Trinajstić information content (AvgIpc) is 3.25. The predicted molar refractivity (Wildman–Crippen MR) is 158 cm³/mol. The van der Waals surface area contributed by atoms with Gasteiger partial charge in [-0.15, -0.1) is 0 Å². The molecule has 7 nitrogen and oxygen atoms in total. The molecule has 0 unspecified atom stereocenters. The van der Waals surface area contributed by atoms with Crippen molar-refractivity contribution in [3.8, 4) is 17.1 Å². The van der Waals surface area contributed by atoms with Crippen molar-refractivity contribution in [2.75, 3.05) is 37.6 Å². The summed E-state index contributed by atoms with van der Waals surface area (Å²) in [6.45, 7) is 7.82. The zero-order valence-corrected chi connectivity index (χ0v) is 23.1. The van der Waals surface area contributed by atoms with E-state index in [0.29, 0.717) is 33.4 Å². The van der Waals surface area contributed by atoms with Crippen molar-refractivity contribution in [2.24, 2.45) is 0 Å². The summed E-state index contributed by atoms with van der Waals surface area (Å²) in [5.41, 5.74) is 4.01. The van der Waals surface area contributed by atoms with Crippen LogP contribution < -0.4 is 10.5 Å². The summed E-state index contributed by atoms with van der Waals surface area (Å²) in [6.07, 6.45) is 1.62. The fourth-order valence-electron chi connectivity index (χ4n) is 5.10. The maximum atomic E-state index is 13.6. The minimum Gasteiger partial charge on any atom is -0.369 e. The fourth-order valence-corrected chi connectivity index (χ4v) is 5.57. The van der Waals surface area contributed by atoms with Gasteiger partial charge in [-0.05, 0) is 60.6 Å². The highest BCUT2D eigenvalue weighted by Crippen LogP contribution is 2.26. The average molecular weight is 560 g/mol. The number of anilines is 1. The van der Waals surface area contributed by atoms with Gasteiger partial charge in [0.25, 0.3) is 5.56 Å². The lowest BCUT2D eigenvalue weighted by atomic mass is 10.1. The Kier molecular flexibility index (Phi) is 7.12. The number of aromatic nitrogens is 4. The Bertz CT molecular complexity index is 1670. The molecule has 1 aliphatic rings. The molecule has 0 amide bonds. The van der Waals surface area contributed by atoms with E-state index in [0.717, 1.165) is 49.5 Å². The zero-order valence-electron chi connectivity index (χ0n) is 21.6. The number of piperazine rings is 1. The molecule has 3 aromatic carbocycles. The number of benzene rings is 3. The first kappa shape index (κ1) is 25.6. The van der Waals surface area contributed by atoms with Crippen LogP contribution in [0.25, 0.3) is 28.1 Å². The van der Waals surface area contributed by atoms with Gasteiger partial charge in [0.2, 0.25) is 0 Å². The van der Waals surface area contributed by atoms with E-state index in [2.05, 4.69) is 46.0 Å². The molecule has 198 valence electrons. The molecule has 0 bridgehead atoms. The van der Waals surface area contributed by atoms with Crippen molar-refractivity contribution in [2.45, 2.75) is 13.5 Å². The topological polar surface area (TPSA) is 59.2 Å². The highest BCUT2D eigenvalue weighted by molar-refractivity contribution is 6.35. The summed E-state index contributed by atoms with van der Waals surface area (Å²) in [6, 6.07) is 23.2. The number of hydrogen-bond donors (Lipinski definition) is 0. The summed E-state index contributed by atoms with van der Waals surface area (Å²) in [5.74, 6) is 0.561. The van der Waals surface area contributed by atoms with Gasteiger partial charge >= 0.3 is 0 Å². The molecule has 1 saturated heterocycles. The molecule has 0 aliphatic carbocycles. The number of rotatable bonds is 6. The summed E-state index contributed by atoms with van der Waals surface area (Å²) in [7, 11) is 0. The number of para-hydroxylation sites is 1. The normalized spacial score (nSPS) is 14.3. The molecule has 0 atom stereocenters. The van der Waals surface area contributed by atoms with Crippen LogP contribution in [0.2, 0.25) is 10.0 Å². The monoisotopic (exact) mass is 558 g/mol. The summed E-state index contributed by atoms with van der Waals surface area (Å²) < 4.78 is 3.49. The van der Waals surface area contributed by atoms with Crippen LogP contribution >= 0.6 is 23.2 Å². The molecule has 39 heavy (non-hydrogen) atoms. The molecule has 5 aromatic rings. The minimum atomic E-state index is -0.186. The minimum absolute atomic E-state index is 0.186. The van der Waals surface area contributed by atoms with E-state index >= 15 is 0 Å². The largest absolute Gasteiger partial charge is 0.369 e. The van der Waals surface area contributed by atoms with E-state index in [1.807, 2.05) is 41.1 Å². The van der Waals surface area contributed by atoms with Crippen molar-refractivity contribution in [3.63, 3.8) is 0 Å². The van der Waals surface area contributed by atoms with Gasteiger partial charge in [-0.2, -0.15) is 0 Å². The number of likely N-dealkylation sites (N-methyl/N-ethyl adjacent to an activating group) is 1. The summed E-state index contributed by atoms with van der Waals surface area (Å²) in [5, 5.41) is 1.53. The maximum absolute atomic E-state index is 13.6. The second-order valence-electron chi connectivity index (χ2n) is 9.64. The van der Waals surface area contributed by atoms with Crippen molar-refractivity contribution in [3.05, 3.63) is 105 Å². The molecule has 0 saturated carbocycles. The lowest BCUT2D eigenvalue weighted by molar-refractivity contribution is 0.271. The first-order valence-electron chi connectivity index (χ1n) is 13.1. The Morgan fingerprint density at radius 1 is 0.872 bits per heavy atom. The van der Waals surface area contributed by atoms with E-state index < -0.39 is 0 Å². The van der Waals surface area contributed by atoms with Gasteiger partial charge in [0.05, 0.1) is 12.2 Å². The van der Waals surface area contributed by atoms with Gasteiger partial charge in [0.15, 0.2) is 11.5 Å². The van der Waals surface area contributed by atoms with Gasteiger partial charge in [-0.1, -0.05) is 54.4 Å². The van der Waals surface area contributed by atoms with E-state index in [9.17, 15) is 4.79 Å². The van der Waals surface area contributed by atoms with Crippen molar-refractivity contribution < 1.29 is 0 Å². The van der Waals surface area contributed by atoms with E-state index in [4.69, 9.17) is 28.2 Å². The third kappa shape index (κ3) is 5.05. The molecular weight excluding hydrogens is 531 g/mol. The van der Waals surface area contributed by atoms with Crippen LogP contribution in [0.3, 0.4) is 0 Å². The predicted octanol–water partition coefficient (Wildman–Crippen LogP) is 5.75. The Balaban J connectivity index is 1.41. The lowest BCUT2D eigenvalue weighted by Crippen LogP contribution is -2.46. The zero-order chi connectivity index (χ0) is 26.9. The Labute approximate surface area is 236 Å². The van der Waals surface area contributed by atoms with Crippen LogP contribution in [0.5, 0.6) is 0 Å². The van der Waals surface area contributed by atoms with Gasteiger partial charge in [-0.25, -0.2) is 14.6 Å².